The highest BCUT2D eigenvalue weighted by Crippen LogP contribution is 2.17. The standard InChI is InChI=1S/C14H14N4O2/c1-18(8-11-4-6-19-10-11)9-13-16-17-14(20-13)12-3-2-5-15-7-12/h2-7,10H,8-9H2,1H3. The molecule has 0 unspecified atom stereocenters. The van der Waals surface area contributed by atoms with E-state index in [0.29, 0.717) is 18.3 Å². The molecule has 0 amide bonds. The molecule has 0 N–H and O–H groups in total. The molecule has 102 valence electrons. The highest BCUT2D eigenvalue weighted by Gasteiger charge is 2.11. The predicted molar refractivity (Wildman–Crippen MR) is 71.4 cm³/mol. The van der Waals surface area contributed by atoms with Crippen molar-refractivity contribution in [1.29, 1.82) is 0 Å². The van der Waals surface area contributed by atoms with Crippen molar-refractivity contribution in [2.75, 3.05) is 7.05 Å². The van der Waals surface area contributed by atoms with E-state index >= 15 is 0 Å². The van der Waals surface area contributed by atoms with E-state index in [0.717, 1.165) is 17.7 Å². The second kappa shape index (κ2) is 5.66. The van der Waals surface area contributed by atoms with Crippen LogP contribution in [0.1, 0.15) is 11.5 Å². The molecule has 3 aromatic rings. The Hall–Kier alpha value is -2.47. The van der Waals surface area contributed by atoms with E-state index < -0.39 is 0 Å². The van der Waals surface area contributed by atoms with Crippen molar-refractivity contribution >= 4 is 0 Å². The van der Waals surface area contributed by atoms with Crippen LogP contribution < -0.4 is 0 Å². The van der Waals surface area contributed by atoms with Crippen LogP contribution in [0.3, 0.4) is 0 Å². The summed E-state index contributed by atoms with van der Waals surface area (Å²) in [5, 5.41) is 8.09. The van der Waals surface area contributed by atoms with Gasteiger partial charge in [-0.1, -0.05) is 0 Å². The molecule has 0 spiro atoms. The molecule has 6 heteroatoms. The lowest BCUT2D eigenvalue weighted by Gasteiger charge is -2.12. The Bertz CT molecular complexity index is 649. The Balaban J connectivity index is 1.65. The molecule has 20 heavy (non-hydrogen) atoms. The Labute approximate surface area is 116 Å². The summed E-state index contributed by atoms with van der Waals surface area (Å²) >= 11 is 0. The SMILES string of the molecule is CN(Cc1ccoc1)Cc1nnc(-c2cccnc2)o1. The topological polar surface area (TPSA) is 68.2 Å². The van der Waals surface area contributed by atoms with Crippen molar-refractivity contribution in [3.8, 4) is 11.5 Å². The summed E-state index contributed by atoms with van der Waals surface area (Å²) in [6.45, 7) is 1.35. The molecule has 0 radical (unpaired) electrons. The number of nitrogens with zero attached hydrogens (tertiary/aromatic N) is 4. The van der Waals surface area contributed by atoms with Gasteiger partial charge in [-0.3, -0.25) is 9.88 Å². The van der Waals surface area contributed by atoms with Gasteiger partial charge in [-0.15, -0.1) is 10.2 Å². The van der Waals surface area contributed by atoms with Crippen LogP contribution in [0.4, 0.5) is 0 Å². The average molecular weight is 270 g/mol. The summed E-state index contributed by atoms with van der Waals surface area (Å²) in [7, 11) is 1.99. The fraction of sp³-hybridized carbons (Fsp3) is 0.214. The molecule has 6 nitrogen and oxygen atoms in total. The first-order valence-corrected chi connectivity index (χ1v) is 6.23. The molecule has 0 atom stereocenters. The molecule has 0 aliphatic rings. The van der Waals surface area contributed by atoms with Gasteiger partial charge in [0, 0.05) is 24.5 Å². The highest BCUT2D eigenvalue weighted by molar-refractivity contribution is 5.49. The Morgan fingerprint density at radius 1 is 1.20 bits per heavy atom. The van der Waals surface area contributed by atoms with E-state index in [1.165, 1.54) is 0 Å². The minimum Gasteiger partial charge on any atom is -0.472 e. The summed E-state index contributed by atoms with van der Waals surface area (Å²) < 4.78 is 10.7. The average Bonchev–Trinajstić information content (AvgIpc) is 3.11. The summed E-state index contributed by atoms with van der Waals surface area (Å²) in [4.78, 5) is 6.11. The molecule has 0 aromatic carbocycles. The van der Waals surface area contributed by atoms with E-state index in [2.05, 4.69) is 20.1 Å². The van der Waals surface area contributed by atoms with Gasteiger partial charge < -0.3 is 8.83 Å². The van der Waals surface area contributed by atoms with Gasteiger partial charge in [0.2, 0.25) is 11.8 Å². The van der Waals surface area contributed by atoms with Gasteiger partial charge in [0.15, 0.2) is 0 Å². The lowest BCUT2D eigenvalue weighted by Crippen LogP contribution is -2.17. The second-order valence-electron chi connectivity index (χ2n) is 4.55. The van der Waals surface area contributed by atoms with E-state index in [4.69, 9.17) is 8.83 Å². The molecular formula is C14H14N4O2. The molecular weight excluding hydrogens is 256 g/mol. The van der Waals surface area contributed by atoms with Crippen LogP contribution in [0.25, 0.3) is 11.5 Å². The fourth-order valence-electron chi connectivity index (χ4n) is 1.90. The molecule has 0 aliphatic heterocycles. The second-order valence-corrected chi connectivity index (χ2v) is 4.55. The first-order chi connectivity index (χ1) is 9.81. The number of pyridine rings is 1. The Morgan fingerprint density at radius 2 is 2.15 bits per heavy atom. The molecule has 0 saturated carbocycles. The monoisotopic (exact) mass is 270 g/mol. The Kier molecular flexibility index (Phi) is 3.56. The number of rotatable bonds is 5. The molecule has 0 aliphatic carbocycles. The maximum Gasteiger partial charge on any atom is 0.249 e. The third kappa shape index (κ3) is 2.92. The highest BCUT2D eigenvalue weighted by atomic mass is 16.4. The van der Waals surface area contributed by atoms with E-state index in [1.54, 1.807) is 24.9 Å². The van der Waals surface area contributed by atoms with Crippen LogP contribution in [0.15, 0.2) is 52.0 Å². The molecule has 0 fully saturated rings. The maximum atomic E-state index is 5.63. The number of aromatic nitrogens is 3. The van der Waals surface area contributed by atoms with E-state index in [1.807, 2.05) is 25.2 Å². The normalized spacial score (nSPS) is 11.1. The van der Waals surface area contributed by atoms with E-state index in [-0.39, 0.29) is 0 Å². The van der Waals surface area contributed by atoms with Gasteiger partial charge in [-0.05, 0) is 25.2 Å². The Morgan fingerprint density at radius 3 is 2.90 bits per heavy atom. The third-order valence-corrected chi connectivity index (χ3v) is 2.81. The first-order valence-electron chi connectivity index (χ1n) is 6.23. The number of hydrogen-bond acceptors (Lipinski definition) is 6. The minimum atomic E-state index is 0.491. The number of furan rings is 1. The summed E-state index contributed by atoms with van der Waals surface area (Å²) in [6.07, 6.45) is 6.80. The van der Waals surface area contributed by atoms with Gasteiger partial charge in [-0.25, -0.2) is 0 Å². The zero-order valence-electron chi connectivity index (χ0n) is 11.1. The smallest absolute Gasteiger partial charge is 0.249 e. The fourth-order valence-corrected chi connectivity index (χ4v) is 1.90. The lowest BCUT2D eigenvalue weighted by atomic mass is 10.3. The van der Waals surface area contributed by atoms with Crippen LogP contribution in [0.2, 0.25) is 0 Å². The van der Waals surface area contributed by atoms with Crippen molar-refractivity contribution in [1.82, 2.24) is 20.1 Å². The first kappa shape index (κ1) is 12.6. The van der Waals surface area contributed by atoms with Gasteiger partial charge in [0.1, 0.15) is 0 Å². The largest absolute Gasteiger partial charge is 0.472 e. The van der Waals surface area contributed by atoms with Crippen molar-refractivity contribution < 1.29 is 8.83 Å². The van der Waals surface area contributed by atoms with Crippen LogP contribution in [0, 0.1) is 0 Å². The number of hydrogen-bond donors (Lipinski definition) is 0. The van der Waals surface area contributed by atoms with Crippen molar-refractivity contribution in [3.05, 3.63) is 54.6 Å². The van der Waals surface area contributed by atoms with Gasteiger partial charge in [0.05, 0.1) is 24.6 Å². The van der Waals surface area contributed by atoms with Crippen molar-refractivity contribution in [2.24, 2.45) is 0 Å². The lowest BCUT2D eigenvalue weighted by molar-refractivity contribution is 0.282. The van der Waals surface area contributed by atoms with Crippen LogP contribution in [-0.2, 0) is 13.1 Å². The third-order valence-electron chi connectivity index (χ3n) is 2.81. The molecule has 3 heterocycles. The zero-order valence-corrected chi connectivity index (χ0v) is 11.1. The minimum absolute atomic E-state index is 0.491. The van der Waals surface area contributed by atoms with Crippen LogP contribution in [0.5, 0.6) is 0 Å². The maximum absolute atomic E-state index is 5.63. The van der Waals surface area contributed by atoms with Gasteiger partial charge in [0.25, 0.3) is 0 Å². The van der Waals surface area contributed by atoms with Crippen molar-refractivity contribution in [3.63, 3.8) is 0 Å². The van der Waals surface area contributed by atoms with Crippen LogP contribution >= 0.6 is 0 Å². The quantitative estimate of drug-likeness (QED) is 0.709. The van der Waals surface area contributed by atoms with Crippen LogP contribution in [-0.4, -0.2) is 27.1 Å². The van der Waals surface area contributed by atoms with E-state index in [9.17, 15) is 0 Å². The van der Waals surface area contributed by atoms with Gasteiger partial charge >= 0.3 is 0 Å². The van der Waals surface area contributed by atoms with Crippen molar-refractivity contribution in [2.45, 2.75) is 13.1 Å². The molecule has 0 saturated heterocycles. The van der Waals surface area contributed by atoms with Gasteiger partial charge in [-0.2, -0.15) is 0 Å². The summed E-state index contributed by atoms with van der Waals surface area (Å²) in [5.41, 5.74) is 1.93. The molecule has 0 bridgehead atoms. The summed E-state index contributed by atoms with van der Waals surface area (Å²) in [6, 6.07) is 5.66. The summed E-state index contributed by atoms with van der Waals surface area (Å²) in [5.74, 6) is 1.07. The zero-order chi connectivity index (χ0) is 13.8. The molecule has 3 aromatic heterocycles. The predicted octanol–water partition coefficient (Wildman–Crippen LogP) is 2.36. The molecule has 3 rings (SSSR count).